The largest absolute Gasteiger partial charge is 0.497 e. The summed E-state index contributed by atoms with van der Waals surface area (Å²) in [7, 11) is 1.59. The number of ether oxygens (including phenoxy) is 1. The number of amides is 2. The minimum Gasteiger partial charge on any atom is -0.497 e. The molecule has 0 aliphatic carbocycles. The lowest BCUT2D eigenvalue weighted by Gasteiger charge is -2.31. The Morgan fingerprint density at radius 3 is 2.42 bits per heavy atom. The van der Waals surface area contributed by atoms with Crippen LogP contribution < -0.4 is 9.64 Å². The SMILES string of the molecule is CC[C@H](C)N(CC(=O)N1CCCN(c2ccc(-c3ccccc3Cl)nn2)CC1)C(=O)c1ccc(OC)cc1. The first kappa shape index (κ1) is 27.4. The molecule has 0 radical (unpaired) electrons. The van der Waals surface area contributed by atoms with Crippen LogP contribution in [0, 0.1) is 0 Å². The maximum Gasteiger partial charge on any atom is 0.254 e. The molecule has 1 fully saturated rings. The number of carbonyl (C=O) groups excluding carboxylic acids is 2. The number of hydrogen-bond acceptors (Lipinski definition) is 6. The quantitative estimate of drug-likeness (QED) is 0.413. The summed E-state index contributed by atoms with van der Waals surface area (Å²) in [5.41, 5.74) is 2.10. The van der Waals surface area contributed by atoms with E-state index in [1.54, 1.807) is 36.3 Å². The van der Waals surface area contributed by atoms with Crippen molar-refractivity contribution in [1.82, 2.24) is 20.0 Å². The number of hydrogen-bond donors (Lipinski definition) is 0. The monoisotopic (exact) mass is 535 g/mol. The number of halogens is 1. The van der Waals surface area contributed by atoms with Gasteiger partial charge in [-0.2, -0.15) is 0 Å². The normalized spacial score (nSPS) is 14.5. The summed E-state index contributed by atoms with van der Waals surface area (Å²) in [5.74, 6) is 1.26. The van der Waals surface area contributed by atoms with E-state index in [0.29, 0.717) is 36.0 Å². The molecule has 2 aromatic carbocycles. The highest BCUT2D eigenvalue weighted by Crippen LogP contribution is 2.26. The minimum absolute atomic E-state index is 0.0471. The summed E-state index contributed by atoms with van der Waals surface area (Å²) in [5, 5.41) is 9.46. The summed E-state index contributed by atoms with van der Waals surface area (Å²) >= 11 is 6.30. The average molecular weight is 536 g/mol. The van der Waals surface area contributed by atoms with E-state index >= 15 is 0 Å². The highest BCUT2D eigenvalue weighted by atomic mass is 35.5. The van der Waals surface area contributed by atoms with E-state index in [4.69, 9.17) is 16.3 Å². The molecule has 9 heteroatoms. The van der Waals surface area contributed by atoms with Crippen molar-refractivity contribution in [3.63, 3.8) is 0 Å². The first-order chi connectivity index (χ1) is 18.4. The lowest BCUT2D eigenvalue weighted by atomic mass is 10.1. The van der Waals surface area contributed by atoms with Gasteiger partial charge in [-0.15, -0.1) is 10.2 Å². The number of benzene rings is 2. The molecule has 1 saturated heterocycles. The molecule has 0 saturated carbocycles. The zero-order valence-electron chi connectivity index (χ0n) is 22.1. The van der Waals surface area contributed by atoms with Crippen LogP contribution in [0.4, 0.5) is 5.82 Å². The summed E-state index contributed by atoms with van der Waals surface area (Å²) in [4.78, 5) is 32.3. The van der Waals surface area contributed by atoms with Crippen LogP contribution in [0.15, 0.2) is 60.7 Å². The van der Waals surface area contributed by atoms with Gasteiger partial charge < -0.3 is 19.4 Å². The molecule has 1 atom stereocenters. The van der Waals surface area contributed by atoms with Crippen LogP contribution in [0.25, 0.3) is 11.3 Å². The van der Waals surface area contributed by atoms with Gasteiger partial charge >= 0.3 is 0 Å². The standard InChI is InChI=1S/C29H34ClN5O3/c1-4-21(2)35(29(37)22-10-12-23(38-3)13-11-22)20-28(36)34-17-7-16-33(18-19-34)27-15-14-26(31-32-27)24-8-5-6-9-25(24)30/h5-6,8-15,21H,4,7,16-20H2,1-3H3/t21-/m0/s1. The third-order valence-electron chi connectivity index (χ3n) is 7.00. The summed E-state index contributed by atoms with van der Waals surface area (Å²) < 4.78 is 5.20. The van der Waals surface area contributed by atoms with Crippen LogP contribution in [0.5, 0.6) is 5.75 Å². The Morgan fingerprint density at radius 2 is 1.76 bits per heavy atom. The minimum atomic E-state index is -0.152. The molecule has 38 heavy (non-hydrogen) atoms. The molecule has 1 aliphatic heterocycles. The van der Waals surface area contributed by atoms with E-state index in [2.05, 4.69) is 15.1 Å². The van der Waals surface area contributed by atoms with E-state index in [9.17, 15) is 9.59 Å². The van der Waals surface area contributed by atoms with Gasteiger partial charge in [-0.05, 0) is 62.2 Å². The van der Waals surface area contributed by atoms with Crippen molar-refractivity contribution >= 4 is 29.2 Å². The van der Waals surface area contributed by atoms with Crippen LogP contribution in [0.1, 0.15) is 37.0 Å². The third kappa shape index (κ3) is 6.42. The molecule has 200 valence electrons. The fraction of sp³-hybridized carbons (Fsp3) is 0.379. The number of nitrogens with zero attached hydrogens (tertiary/aromatic N) is 5. The molecule has 8 nitrogen and oxygen atoms in total. The third-order valence-corrected chi connectivity index (χ3v) is 7.33. The Hall–Kier alpha value is -3.65. The smallest absolute Gasteiger partial charge is 0.254 e. The predicted octanol–water partition coefficient (Wildman–Crippen LogP) is 4.79. The van der Waals surface area contributed by atoms with Crippen LogP contribution in [-0.4, -0.2) is 77.7 Å². The number of aromatic nitrogens is 2. The van der Waals surface area contributed by atoms with E-state index in [1.807, 2.05) is 55.1 Å². The van der Waals surface area contributed by atoms with Crippen molar-refractivity contribution in [2.75, 3.05) is 44.7 Å². The highest BCUT2D eigenvalue weighted by molar-refractivity contribution is 6.33. The van der Waals surface area contributed by atoms with Gasteiger partial charge in [0, 0.05) is 43.3 Å². The lowest BCUT2D eigenvalue weighted by Crippen LogP contribution is -2.47. The fourth-order valence-corrected chi connectivity index (χ4v) is 4.73. The molecule has 3 aromatic rings. The maximum atomic E-state index is 13.3. The van der Waals surface area contributed by atoms with E-state index < -0.39 is 0 Å². The maximum absolute atomic E-state index is 13.3. The Labute approximate surface area is 229 Å². The first-order valence-corrected chi connectivity index (χ1v) is 13.4. The zero-order chi connectivity index (χ0) is 27.1. The average Bonchev–Trinajstić information content (AvgIpc) is 3.22. The van der Waals surface area contributed by atoms with E-state index in [1.165, 1.54) is 0 Å². The van der Waals surface area contributed by atoms with Gasteiger partial charge in [0.2, 0.25) is 5.91 Å². The molecule has 4 rings (SSSR count). The first-order valence-electron chi connectivity index (χ1n) is 13.0. The van der Waals surface area contributed by atoms with Gasteiger partial charge in [0.25, 0.3) is 5.91 Å². The number of carbonyl (C=O) groups is 2. The predicted molar refractivity (Wildman–Crippen MR) is 150 cm³/mol. The van der Waals surface area contributed by atoms with Gasteiger partial charge in [0.1, 0.15) is 12.3 Å². The van der Waals surface area contributed by atoms with Gasteiger partial charge in [-0.1, -0.05) is 36.7 Å². The van der Waals surface area contributed by atoms with Crippen LogP contribution in [-0.2, 0) is 4.79 Å². The van der Waals surface area contributed by atoms with Gasteiger partial charge in [-0.25, -0.2) is 0 Å². The summed E-state index contributed by atoms with van der Waals surface area (Å²) in [6.45, 7) is 6.64. The Morgan fingerprint density at radius 1 is 1.00 bits per heavy atom. The molecule has 0 unspecified atom stereocenters. The second kappa shape index (κ2) is 12.7. The molecule has 0 bridgehead atoms. The van der Waals surface area contributed by atoms with Crippen molar-refractivity contribution < 1.29 is 14.3 Å². The second-order valence-electron chi connectivity index (χ2n) is 9.40. The molecule has 1 aromatic heterocycles. The van der Waals surface area contributed by atoms with Crippen molar-refractivity contribution in [3.8, 4) is 17.0 Å². The van der Waals surface area contributed by atoms with E-state index in [-0.39, 0.29) is 24.4 Å². The molecular formula is C29H34ClN5O3. The summed E-state index contributed by atoms with van der Waals surface area (Å²) in [6, 6.07) is 18.4. The van der Waals surface area contributed by atoms with Crippen molar-refractivity contribution in [2.45, 2.75) is 32.7 Å². The highest BCUT2D eigenvalue weighted by Gasteiger charge is 2.27. The Kier molecular flexibility index (Phi) is 9.18. The van der Waals surface area contributed by atoms with Gasteiger partial charge in [0.05, 0.1) is 17.8 Å². The molecule has 2 amide bonds. The van der Waals surface area contributed by atoms with Crippen molar-refractivity contribution in [1.29, 1.82) is 0 Å². The van der Waals surface area contributed by atoms with Crippen molar-refractivity contribution in [2.24, 2.45) is 0 Å². The topological polar surface area (TPSA) is 78.9 Å². The second-order valence-corrected chi connectivity index (χ2v) is 9.80. The van der Waals surface area contributed by atoms with Crippen LogP contribution >= 0.6 is 11.6 Å². The van der Waals surface area contributed by atoms with Gasteiger partial charge in [0.15, 0.2) is 5.82 Å². The van der Waals surface area contributed by atoms with Crippen LogP contribution in [0.2, 0.25) is 5.02 Å². The molecule has 0 N–H and O–H groups in total. The van der Waals surface area contributed by atoms with Gasteiger partial charge in [-0.3, -0.25) is 9.59 Å². The van der Waals surface area contributed by atoms with Crippen molar-refractivity contribution in [3.05, 3.63) is 71.2 Å². The number of rotatable bonds is 8. The molecule has 2 heterocycles. The number of anilines is 1. The van der Waals surface area contributed by atoms with Crippen LogP contribution in [0.3, 0.4) is 0 Å². The molecule has 1 aliphatic rings. The molecular weight excluding hydrogens is 502 g/mol. The number of methoxy groups -OCH3 is 1. The Balaban J connectivity index is 1.40. The summed E-state index contributed by atoms with van der Waals surface area (Å²) in [6.07, 6.45) is 1.56. The molecule has 0 spiro atoms. The Bertz CT molecular complexity index is 1240. The van der Waals surface area contributed by atoms with E-state index in [0.717, 1.165) is 36.5 Å². The zero-order valence-corrected chi connectivity index (χ0v) is 22.9. The lowest BCUT2D eigenvalue weighted by molar-refractivity contribution is -0.132. The fourth-order valence-electron chi connectivity index (χ4n) is 4.50.